The molecule has 2 aromatic carbocycles. The molecule has 0 aromatic heterocycles. The van der Waals surface area contributed by atoms with Crippen LogP contribution in [0, 0.1) is 5.82 Å². The van der Waals surface area contributed by atoms with Crippen molar-refractivity contribution in [1.82, 2.24) is 0 Å². The summed E-state index contributed by atoms with van der Waals surface area (Å²) in [7, 11) is -2.85. The fraction of sp³-hybridized carbons (Fsp3) is 0.435. The van der Waals surface area contributed by atoms with Gasteiger partial charge in [0.05, 0.1) is 24.1 Å². The Morgan fingerprint density at radius 2 is 1.62 bits per heavy atom. The number of carbonyl (C=O) groups excluding carboxylic acids is 1. The van der Waals surface area contributed by atoms with Gasteiger partial charge in [0, 0.05) is 22.4 Å². The van der Waals surface area contributed by atoms with Gasteiger partial charge in [-0.2, -0.15) is 0 Å². The number of hydrogen-bond donors (Lipinski definition) is 0. The first-order valence-electron chi connectivity index (χ1n) is 10.4. The Bertz CT molecular complexity index is 1110. The van der Waals surface area contributed by atoms with Crippen molar-refractivity contribution in [3.05, 3.63) is 58.9 Å². The number of methoxy groups -OCH3 is 1. The van der Waals surface area contributed by atoms with Crippen LogP contribution in [0.5, 0.6) is 5.75 Å². The quantitative estimate of drug-likeness (QED) is 0.464. The van der Waals surface area contributed by atoms with Crippen molar-refractivity contribution in [3.63, 3.8) is 0 Å². The SMILES string of the molecule is CCS(=O)(=O)Cc1cc(B2OC(C)(C)C(C)(C)O2)c(C(=O)c2ccc(F)cc2)cc1OC. The van der Waals surface area contributed by atoms with E-state index in [2.05, 4.69) is 0 Å². The summed E-state index contributed by atoms with van der Waals surface area (Å²) in [5, 5.41) is 0. The molecule has 9 heteroatoms. The van der Waals surface area contributed by atoms with E-state index in [1.807, 2.05) is 27.7 Å². The van der Waals surface area contributed by atoms with Gasteiger partial charge in [-0.25, -0.2) is 12.8 Å². The molecule has 0 unspecified atom stereocenters. The van der Waals surface area contributed by atoms with E-state index in [1.165, 1.54) is 37.4 Å². The lowest BCUT2D eigenvalue weighted by molar-refractivity contribution is 0.00578. The van der Waals surface area contributed by atoms with Crippen LogP contribution < -0.4 is 10.2 Å². The van der Waals surface area contributed by atoms with E-state index in [0.717, 1.165) is 0 Å². The molecule has 0 bridgehead atoms. The molecule has 32 heavy (non-hydrogen) atoms. The number of halogens is 1. The minimum Gasteiger partial charge on any atom is -0.496 e. The molecule has 1 aliphatic rings. The molecule has 2 aromatic rings. The van der Waals surface area contributed by atoms with Crippen LogP contribution in [0.25, 0.3) is 0 Å². The van der Waals surface area contributed by atoms with Crippen molar-refractivity contribution in [2.75, 3.05) is 12.9 Å². The van der Waals surface area contributed by atoms with Gasteiger partial charge in [0.15, 0.2) is 15.6 Å². The third kappa shape index (κ3) is 4.75. The molecule has 1 saturated heterocycles. The van der Waals surface area contributed by atoms with Crippen molar-refractivity contribution in [3.8, 4) is 5.75 Å². The van der Waals surface area contributed by atoms with Crippen LogP contribution in [0.15, 0.2) is 36.4 Å². The third-order valence-electron chi connectivity index (χ3n) is 6.13. The lowest BCUT2D eigenvalue weighted by Crippen LogP contribution is -2.41. The molecule has 1 fully saturated rings. The fourth-order valence-electron chi connectivity index (χ4n) is 3.40. The number of benzene rings is 2. The number of sulfone groups is 1. The smallest absolute Gasteiger partial charge is 0.495 e. The van der Waals surface area contributed by atoms with Gasteiger partial charge in [0.1, 0.15) is 11.6 Å². The Labute approximate surface area is 189 Å². The summed E-state index contributed by atoms with van der Waals surface area (Å²) >= 11 is 0. The number of rotatable bonds is 7. The average molecular weight is 462 g/mol. The van der Waals surface area contributed by atoms with Crippen molar-refractivity contribution in [2.45, 2.75) is 51.6 Å². The second-order valence-electron chi connectivity index (χ2n) is 8.85. The first-order chi connectivity index (χ1) is 14.8. The van der Waals surface area contributed by atoms with Crippen molar-refractivity contribution in [1.29, 1.82) is 0 Å². The second-order valence-corrected chi connectivity index (χ2v) is 11.2. The maximum absolute atomic E-state index is 13.4. The Kier molecular flexibility index (Phi) is 6.57. The monoisotopic (exact) mass is 462 g/mol. The van der Waals surface area contributed by atoms with Crippen molar-refractivity contribution >= 4 is 28.2 Å². The Balaban J connectivity index is 2.18. The maximum Gasteiger partial charge on any atom is 0.495 e. The first-order valence-corrected chi connectivity index (χ1v) is 12.2. The Hall–Kier alpha value is -2.23. The zero-order valence-electron chi connectivity index (χ0n) is 19.2. The summed E-state index contributed by atoms with van der Waals surface area (Å²) in [6, 6.07) is 8.32. The van der Waals surface area contributed by atoms with Crippen LogP contribution in [0.4, 0.5) is 4.39 Å². The van der Waals surface area contributed by atoms with E-state index >= 15 is 0 Å². The highest BCUT2D eigenvalue weighted by atomic mass is 32.2. The highest BCUT2D eigenvalue weighted by molar-refractivity contribution is 7.90. The van der Waals surface area contributed by atoms with Crippen LogP contribution in [0.1, 0.15) is 56.1 Å². The van der Waals surface area contributed by atoms with Crippen LogP contribution in [0.3, 0.4) is 0 Å². The first kappa shape index (κ1) is 24.4. The molecular weight excluding hydrogens is 434 g/mol. The topological polar surface area (TPSA) is 78.9 Å². The van der Waals surface area contributed by atoms with E-state index in [1.54, 1.807) is 13.0 Å². The van der Waals surface area contributed by atoms with Gasteiger partial charge in [-0.15, -0.1) is 0 Å². The molecule has 0 atom stereocenters. The van der Waals surface area contributed by atoms with Crippen molar-refractivity contribution in [2.24, 2.45) is 0 Å². The number of ketones is 1. The van der Waals surface area contributed by atoms with Crippen LogP contribution in [-0.2, 0) is 24.9 Å². The molecule has 0 amide bonds. The van der Waals surface area contributed by atoms with Crippen LogP contribution >= 0.6 is 0 Å². The summed E-state index contributed by atoms with van der Waals surface area (Å²) in [5.74, 6) is -0.835. The standard InChI is InChI=1S/C23H28BFO6S/c1-7-32(27,28)14-16-12-19(24-30-22(2,3)23(4,5)31-24)18(13-20(16)29-6)21(26)15-8-10-17(25)11-9-15/h8-13H,7,14H2,1-6H3. The summed E-state index contributed by atoms with van der Waals surface area (Å²) in [4.78, 5) is 13.4. The van der Waals surface area contributed by atoms with Gasteiger partial charge in [-0.3, -0.25) is 4.79 Å². The molecule has 1 aliphatic heterocycles. The van der Waals surface area contributed by atoms with Gasteiger partial charge >= 0.3 is 7.12 Å². The zero-order valence-corrected chi connectivity index (χ0v) is 20.0. The van der Waals surface area contributed by atoms with Gasteiger partial charge in [-0.1, -0.05) is 13.0 Å². The van der Waals surface area contributed by atoms with E-state index in [-0.39, 0.29) is 34.2 Å². The van der Waals surface area contributed by atoms with Crippen LogP contribution in [0.2, 0.25) is 0 Å². The maximum atomic E-state index is 13.4. The molecule has 0 N–H and O–H groups in total. The van der Waals surface area contributed by atoms with E-state index in [0.29, 0.717) is 11.0 Å². The summed E-state index contributed by atoms with van der Waals surface area (Å²) in [5.41, 5.74) is 0.00642. The molecule has 0 radical (unpaired) electrons. The lowest BCUT2D eigenvalue weighted by Gasteiger charge is -2.32. The summed E-state index contributed by atoms with van der Waals surface area (Å²) in [6.45, 7) is 9.13. The molecule has 172 valence electrons. The van der Waals surface area contributed by atoms with Crippen molar-refractivity contribution < 1.29 is 31.6 Å². The van der Waals surface area contributed by atoms with E-state index in [4.69, 9.17) is 14.0 Å². The van der Waals surface area contributed by atoms with Gasteiger partial charge < -0.3 is 14.0 Å². The lowest BCUT2D eigenvalue weighted by atomic mass is 9.73. The van der Waals surface area contributed by atoms with Gasteiger partial charge in [0.25, 0.3) is 0 Å². The minimum absolute atomic E-state index is 0.0295. The Morgan fingerprint density at radius 1 is 1.06 bits per heavy atom. The zero-order chi connectivity index (χ0) is 23.9. The molecule has 0 aliphatic carbocycles. The molecule has 6 nitrogen and oxygen atoms in total. The molecule has 0 spiro atoms. The van der Waals surface area contributed by atoms with Gasteiger partial charge in [0.2, 0.25) is 0 Å². The number of carbonyl (C=O) groups is 1. The van der Waals surface area contributed by atoms with Crippen LogP contribution in [-0.4, -0.2) is 45.4 Å². The minimum atomic E-state index is -3.37. The Morgan fingerprint density at radius 3 is 2.12 bits per heavy atom. The van der Waals surface area contributed by atoms with E-state index < -0.39 is 34.0 Å². The third-order valence-corrected chi connectivity index (χ3v) is 7.76. The average Bonchev–Trinajstić information content (AvgIpc) is 2.94. The largest absolute Gasteiger partial charge is 0.496 e. The molecule has 1 heterocycles. The fourth-order valence-corrected chi connectivity index (χ4v) is 4.31. The molecular formula is C23H28BFO6S. The molecule has 3 rings (SSSR count). The number of hydrogen-bond acceptors (Lipinski definition) is 6. The highest BCUT2D eigenvalue weighted by Crippen LogP contribution is 2.37. The summed E-state index contributed by atoms with van der Waals surface area (Å²) < 4.78 is 55.8. The molecule has 0 saturated carbocycles. The predicted molar refractivity (Wildman–Crippen MR) is 122 cm³/mol. The normalized spacial score (nSPS) is 17.4. The highest BCUT2D eigenvalue weighted by Gasteiger charge is 2.52. The summed E-state index contributed by atoms with van der Waals surface area (Å²) in [6.07, 6.45) is 0. The van der Waals surface area contributed by atoms with E-state index in [9.17, 15) is 17.6 Å². The van der Waals surface area contributed by atoms with Gasteiger partial charge in [-0.05, 0) is 63.5 Å². The number of ether oxygens (including phenoxy) is 1. The predicted octanol–water partition coefficient (Wildman–Crippen LogP) is 3.30. The second kappa shape index (κ2) is 8.61.